The molecule has 1 fully saturated rings. The maximum absolute atomic E-state index is 13.9. The lowest BCUT2D eigenvalue weighted by Gasteiger charge is -2.37. The lowest BCUT2D eigenvalue weighted by Crippen LogP contribution is -2.59. The Kier molecular flexibility index (Phi) is 12.3. The lowest BCUT2D eigenvalue weighted by molar-refractivity contribution is -0.158. The summed E-state index contributed by atoms with van der Waals surface area (Å²) < 4.78 is 0.436. The van der Waals surface area contributed by atoms with Crippen molar-refractivity contribution in [3.63, 3.8) is 0 Å². The van der Waals surface area contributed by atoms with Crippen molar-refractivity contribution < 1.29 is 34.5 Å². The standard InChI is InChI=1S/C34H44BrN3O7/c1-19(13-20(2)15-22(4)39)14-21(3)33(44)38-23(5)34(45)37(6)29(17-24-7-12-30(41)27(35)16-24)32(43)36-28(18-31(38)42)25-8-10-26(40)11-9-25/h7-13,16,20-23,28-29,39-41H,14-15,17-18H2,1-6H3,(H,36,43). The summed E-state index contributed by atoms with van der Waals surface area (Å²) in [4.78, 5) is 57.8. The van der Waals surface area contributed by atoms with Crippen molar-refractivity contribution in [2.24, 2.45) is 11.8 Å². The highest BCUT2D eigenvalue weighted by atomic mass is 79.9. The third kappa shape index (κ3) is 9.40. The number of carbonyl (C=O) groups is 4. The summed E-state index contributed by atoms with van der Waals surface area (Å²) in [5.41, 5.74) is 2.16. The van der Waals surface area contributed by atoms with Crippen LogP contribution in [0.15, 0.2) is 58.6 Å². The number of aromatic hydroxyl groups is 2. The Labute approximate surface area is 273 Å². The van der Waals surface area contributed by atoms with Gasteiger partial charge in [-0.25, -0.2) is 0 Å². The number of phenols is 2. The predicted molar refractivity (Wildman–Crippen MR) is 174 cm³/mol. The first kappa shape index (κ1) is 35.8. The number of nitrogens with zero attached hydrogens (tertiary/aromatic N) is 2. The van der Waals surface area contributed by atoms with Crippen LogP contribution in [-0.2, 0) is 25.6 Å². The molecule has 3 rings (SSSR count). The summed E-state index contributed by atoms with van der Waals surface area (Å²) in [6.45, 7) is 8.83. The average Bonchev–Trinajstić information content (AvgIpc) is 2.95. The second kappa shape index (κ2) is 15.5. The highest BCUT2D eigenvalue weighted by molar-refractivity contribution is 9.10. The Morgan fingerprint density at radius 2 is 1.73 bits per heavy atom. The van der Waals surface area contributed by atoms with E-state index < -0.39 is 53.8 Å². The highest BCUT2D eigenvalue weighted by Crippen LogP contribution is 2.28. The normalized spacial score (nSPS) is 22.1. The molecule has 11 heteroatoms. The summed E-state index contributed by atoms with van der Waals surface area (Å²) in [7, 11) is 1.47. The van der Waals surface area contributed by atoms with Crippen molar-refractivity contribution in [2.45, 2.75) is 84.5 Å². The van der Waals surface area contributed by atoms with Crippen LogP contribution >= 0.6 is 15.9 Å². The van der Waals surface area contributed by atoms with Gasteiger partial charge < -0.3 is 25.5 Å². The second-order valence-electron chi connectivity index (χ2n) is 12.3. The first-order chi connectivity index (χ1) is 21.1. The van der Waals surface area contributed by atoms with Crippen molar-refractivity contribution in [1.82, 2.24) is 15.1 Å². The van der Waals surface area contributed by atoms with Crippen LogP contribution in [-0.4, -0.2) is 74.0 Å². The quantitative estimate of drug-likeness (QED) is 0.282. The van der Waals surface area contributed by atoms with E-state index in [4.69, 9.17) is 0 Å². The van der Waals surface area contributed by atoms with Crippen LogP contribution in [0, 0.1) is 11.8 Å². The molecule has 0 aliphatic carbocycles. The molecule has 10 nitrogen and oxygen atoms in total. The third-order valence-corrected chi connectivity index (χ3v) is 8.77. The van der Waals surface area contributed by atoms with E-state index in [0.717, 1.165) is 10.5 Å². The van der Waals surface area contributed by atoms with Crippen molar-refractivity contribution in [1.29, 1.82) is 0 Å². The van der Waals surface area contributed by atoms with Gasteiger partial charge in [0, 0.05) is 19.4 Å². The van der Waals surface area contributed by atoms with Gasteiger partial charge in [0.15, 0.2) is 0 Å². The Morgan fingerprint density at radius 1 is 1.09 bits per heavy atom. The van der Waals surface area contributed by atoms with Gasteiger partial charge in [0.25, 0.3) is 0 Å². The monoisotopic (exact) mass is 685 g/mol. The van der Waals surface area contributed by atoms with Crippen LogP contribution < -0.4 is 5.32 Å². The Bertz CT molecular complexity index is 1430. The number of imide groups is 1. The van der Waals surface area contributed by atoms with Gasteiger partial charge in [-0.2, -0.15) is 0 Å². The number of carbonyl (C=O) groups excluding carboxylic acids is 4. The van der Waals surface area contributed by atoms with Gasteiger partial charge in [-0.1, -0.05) is 43.7 Å². The number of benzene rings is 2. The fourth-order valence-corrected chi connectivity index (χ4v) is 6.29. The smallest absolute Gasteiger partial charge is 0.246 e. The maximum atomic E-state index is 13.9. The van der Waals surface area contributed by atoms with Crippen molar-refractivity contribution in [3.05, 3.63) is 69.7 Å². The Balaban J connectivity index is 2.00. The molecule has 6 unspecified atom stereocenters. The van der Waals surface area contributed by atoms with Crippen molar-refractivity contribution in [2.75, 3.05) is 7.05 Å². The number of hydrogen-bond acceptors (Lipinski definition) is 7. The summed E-state index contributed by atoms with van der Waals surface area (Å²) in [6.07, 6.45) is 2.31. The molecule has 0 bridgehead atoms. The van der Waals surface area contributed by atoms with Crippen LogP contribution in [0.3, 0.4) is 0 Å². The Morgan fingerprint density at radius 3 is 2.33 bits per heavy atom. The largest absolute Gasteiger partial charge is 0.508 e. The zero-order valence-electron chi connectivity index (χ0n) is 26.7. The number of likely N-dealkylation sites (N-methyl/N-ethyl adjacent to an activating group) is 1. The van der Waals surface area contributed by atoms with Gasteiger partial charge in [-0.3, -0.25) is 24.1 Å². The molecule has 1 aliphatic heterocycles. The zero-order valence-corrected chi connectivity index (χ0v) is 28.2. The SMILES string of the molecule is CC(=CC(C)CC(C)O)CC(C)C(=O)N1C(=O)CC(c2ccc(O)cc2)NC(=O)C(Cc2ccc(O)c(Br)c2)N(C)C(=O)C1C. The van der Waals surface area contributed by atoms with Crippen molar-refractivity contribution in [3.8, 4) is 11.5 Å². The third-order valence-electron chi connectivity index (χ3n) is 8.13. The van der Waals surface area contributed by atoms with Gasteiger partial charge in [-0.05, 0) is 90.9 Å². The minimum atomic E-state index is -1.18. The summed E-state index contributed by atoms with van der Waals surface area (Å²) in [6, 6.07) is 7.88. The van der Waals surface area contributed by atoms with Crippen LogP contribution in [0.5, 0.6) is 11.5 Å². The van der Waals surface area contributed by atoms with E-state index in [1.165, 1.54) is 37.1 Å². The molecular weight excluding hydrogens is 642 g/mol. The first-order valence-electron chi connectivity index (χ1n) is 15.1. The number of phenolic OH excluding ortho intramolecular Hbond substituents is 2. The molecule has 4 N–H and O–H groups in total. The van der Waals surface area contributed by atoms with E-state index in [2.05, 4.69) is 21.2 Å². The van der Waals surface area contributed by atoms with E-state index >= 15 is 0 Å². The molecule has 1 aliphatic rings. The molecular formula is C34H44BrN3O7. The average molecular weight is 687 g/mol. The minimum absolute atomic E-state index is 0.0165. The van der Waals surface area contributed by atoms with Gasteiger partial charge >= 0.3 is 0 Å². The first-order valence-corrected chi connectivity index (χ1v) is 15.9. The summed E-state index contributed by atoms with van der Waals surface area (Å²) >= 11 is 3.30. The molecule has 244 valence electrons. The molecule has 0 spiro atoms. The fraction of sp³-hybridized carbons (Fsp3) is 0.471. The van der Waals surface area contributed by atoms with E-state index in [9.17, 15) is 34.5 Å². The van der Waals surface area contributed by atoms with E-state index in [0.29, 0.717) is 28.4 Å². The lowest BCUT2D eigenvalue weighted by atomic mass is 9.94. The number of nitrogens with one attached hydrogen (secondary N) is 1. The molecule has 1 saturated heterocycles. The van der Waals surface area contributed by atoms with Crippen LogP contribution in [0.1, 0.15) is 71.0 Å². The molecule has 0 saturated carbocycles. The van der Waals surface area contributed by atoms with Gasteiger partial charge in [0.1, 0.15) is 23.6 Å². The number of halogens is 1. The molecule has 2 aromatic rings. The second-order valence-corrected chi connectivity index (χ2v) is 13.1. The molecule has 45 heavy (non-hydrogen) atoms. The number of amides is 4. The van der Waals surface area contributed by atoms with Crippen LogP contribution in [0.2, 0.25) is 0 Å². The number of aliphatic hydroxyl groups excluding tert-OH is 1. The molecule has 0 aromatic heterocycles. The maximum Gasteiger partial charge on any atom is 0.246 e. The Hall–Kier alpha value is -3.70. The molecule has 1 heterocycles. The highest BCUT2D eigenvalue weighted by Gasteiger charge is 2.41. The van der Waals surface area contributed by atoms with Gasteiger partial charge in [-0.15, -0.1) is 0 Å². The van der Waals surface area contributed by atoms with Crippen molar-refractivity contribution >= 4 is 39.6 Å². The number of rotatable bonds is 9. The number of hydrogen-bond donors (Lipinski definition) is 4. The topological polar surface area (TPSA) is 147 Å². The molecule has 6 atom stereocenters. The summed E-state index contributed by atoms with van der Waals surface area (Å²) in [5, 5.41) is 32.4. The summed E-state index contributed by atoms with van der Waals surface area (Å²) in [5.74, 6) is -2.65. The zero-order chi connectivity index (χ0) is 33.6. The van der Waals surface area contributed by atoms with Crippen LogP contribution in [0.4, 0.5) is 0 Å². The minimum Gasteiger partial charge on any atom is -0.508 e. The van der Waals surface area contributed by atoms with Gasteiger partial charge in [0.05, 0.1) is 23.0 Å². The van der Waals surface area contributed by atoms with E-state index in [1.807, 2.05) is 19.9 Å². The molecule has 0 radical (unpaired) electrons. The fourth-order valence-electron chi connectivity index (χ4n) is 5.86. The number of aliphatic hydroxyl groups is 1. The van der Waals surface area contributed by atoms with Crippen LogP contribution in [0.25, 0.3) is 0 Å². The van der Waals surface area contributed by atoms with E-state index in [-0.39, 0.29) is 30.3 Å². The van der Waals surface area contributed by atoms with E-state index in [1.54, 1.807) is 38.1 Å². The van der Waals surface area contributed by atoms with Gasteiger partial charge in [0.2, 0.25) is 23.6 Å². The predicted octanol–water partition coefficient (Wildman–Crippen LogP) is 4.61. The number of allylic oxidation sites excluding steroid dienone is 2. The molecule has 4 amide bonds. The molecule has 2 aromatic carbocycles.